The third-order valence-electron chi connectivity index (χ3n) is 2.66. The molecule has 3 atom stereocenters. The van der Waals surface area contributed by atoms with Crippen LogP contribution in [0.2, 0.25) is 0 Å². The molecule has 0 aliphatic heterocycles. The van der Waals surface area contributed by atoms with Crippen LogP contribution in [-0.4, -0.2) is 23.9 Å². The van der Waals surface area contributed by atoms with Gasteiger partial charge in [0.15, 0.2) is 11.6 Å². The number of rotatable bonds is 5. The largest absolute Gasteiger partial charge is 0.391 e. The number of benzene rings is 1. The van der Waals surface area contributed by atoms with E-state index in [1.807, 2.05) is 0 Å². The lowest BCUT2D eigenvalue weighted by molar-refractivity contribution is -0.0603. The van der Waals surface area contributed by atoms with E-state index in [1.54, 1.807) is 6.92 Å². The molecular formula is C12H16F3NO2. The molecule has 18 heavy (non-hydrogen) atoms. The molecule has 0 aromatic heterocycles. The summed E-state index contributed by atoms with van der Waals surface area (Å²) in [4.78, 5) is 0. The maximum absolute atomic E-state index is 13.5. The fraction of sp³-hybridized carbons (Fsp3) is 0.500. The Hall–Kier alpha value is -1.11. The van der Waals surface area contributed by atoms with E-state index in [2.05, 4.69) is 0 Å². The minimum Gasteiger partial charge on any atom is -0.391 e. The highest BCUT2D eigenvalue weighted by molar-refractivity contribution is 5.22. The molecule has 3 unspecified atom stereocenters. The van der Waals surface area contributed by atoms with Gasteiger partial charge in [-0.1, -0.05) is 0 Å². The van der Waals surface area contributed by atoms with Crippen LogP contribution in [0.3, 0.4) is 0 Å². The van der Waals surface area contributed by atoms with Crippen LogP contribution in [0.4, 0.5) is 13.2 Å². The second kappa shape index (κ2) is 6.17. The van der Waals surface area contributed by atoms with Crippen LogP contribution in [0.15, 0.2) is 12.1 Å². The van der Waals surface area contributed by atoms with Crippen molar-refractivity contribution in [2.24, 2.45) is 5.73 Å². The molecule has 0 spiro atoms. The maximum Gasteiger partial charge on any atom is 0.161 e. The fourth-order valence-electron chi connectivity index (χ4n) is 1.41. The summed E-state index contributed by atoms with van der Waals surface area (Å²) in [5, 5.41) is 9.29. The zero-order valence-electron chi connectivity index (χ0n) is 10.2. The summed E-state index contributed by atoms with van der Waals surface area (Å²) in [5.74, 6) is -3.36. The second-order valence-electron chi connectivity index (χ2n) is 4.09. The number of aliphatic hydroxyl groups is 1. The highest BCUT2D eigenvalue weighted by Gasteiger charge is 2.22. The van der Waals surface area contributed by atoms with E-state index in [9.17, 15) is 18.3 Å². The summed E-state index contributed by atoms with van der Waals surface area (Å²) in [7, 11) is 0. The average Bonchev–Trinajstić information content (AvgIpc) is 2.30. The summed E-state index contributed by atoms with van der Waals surface area (Å²) < 4.78 is 44.7. The number of hydrogen-bond donors (Lipinski definition) is 2. The van der Waals surface area contributed by atoms with Gasteiger partial charge in [0, 0.05) is 18.2 Å². The molecule has 0 bridgehead atoms. The van der Waals surface area contributed by atoms with Gasteiger partial charge in [0.2, 0.25) is 0 Å². The minimum atomic E-state index is -1.27. The zero-order valence-corrected chi connectivity index (χ0v) is 10.2. The molecule has 0 radical (unpaired) electrons. The van der Waals surface area contributed by atoms with Gasteiger partial charge in [0.05, 0.1) is 18.3 Å². The van der Waals surface area contributed by atoms with Crippen molar-refractivity contribution in [1.82, 2.24) is 0 Å². The van der Waals surface area contributed by atoms with E-state index >= 15 is 0 Å². The van der Waals surface area contributed by atoms with Crippen LogP contribution in [0.5, 0.6) is 0 Å². The van der Waals surface area contributed by atoms with Gasteiger partial charge in [-0.25, -0.2) is 13.2 Å². The molecule has 0 aliphatic rings. The number of hydrogen-bond acceptors (Lipinski definition) is 3. The molecule has 0 saturated carbocycles. The molecule has 3 N–H and O–H groups in total. The number of aliphatic hydroxyl groups excluding tert-OH is 1. The standard InChI is InChI=1S/C12H16F3NO2/c1-6(17)7(2)18-12(5-16)8-3-10(14)11(15)4-9(8)13/h3-4,6-7,12,17H,5,16H2,1-2H3. The number of halogens is 3. The van der Waals surface area contributed by atoms with Crippen LogP contribution in [0.25, 0.3) is 0 Å². The highest BCUT2D eigenvalue weighted by Crippen LogP contribution is 2.24. The van der Waals surface area contributed by atoms with Crippen molar-refractivity contribution < 1.29 is 23.0 Å². The SMILES string of the molecule is CC(O)C(C)OC(CN)c1cc(F)c(F)cc1F. The third-order valence-corrected chi connectivity index (χ3v) is 2.66. The van der Waals surface area contributed by atoms with Crippen LogP contribution >= 0.6 is 0 Å². The van der Waals surface area contributed by atoms with Crippen LogP contribution < -0.4 is 5.73 Å². The maximum atomic E-state index is 13.5. The smallest absolute Gasteiger partial charge is 0.161 e. The summed E-state index contributed by atoms with van der Waals surface area (Å²) in [6, 6.07) is 1.17. The van der Waals surface area contributed by atoms with E-state index in [-0.39, 0.29) is 12.1 Å². The van der Waals surface area contributed by atoms with Gasteiger partial charge in [-0.15, -0.1) is 0 Å². The van der Waals surface area contributed by atoms with Crippen molar-refractivity contribution >= 4 is 0 Å². The second-order valence-corrected chi connectivity index (χ2v) is 4.09. The average molecular weight is 263 g/mol. The molecule has 0 saturated heterocycles. The normalized spacial score (nSPS) is 16.4. The van der Waals surface area contributed by atoms with Crippen molar-refractivity contribution in [2.75, 3.05) is 6.54 Å². The van der Waals surface area contributed by atoms with Crippen molar-refractivity contribution in [2.45, 2.75) is 32.2 Å². The summed E-state index contributed by atoms with van der Waals surface area (Å²) in [6.45, 7) is 2.96. The van der Waals surface area contributed by atoms with E-state index in [0.717, 1.165) is 6.07 Å². The number of nitrogens with two attached hydrogens (primary N) is 1. The van der Waals surface area contributed by atoms with Crippen molar-refractivity contribution in [3.63, 3.8) is 0 Å². The summed E-state index contributed by atoms with van der Waals surface area (Å²) >= 11 is 0. The summed E-state index contributed by atoms with van der Waals surface area (Å²) in [6.07, 6.45) is -2.33. The first-order valence-corrected chi connectivity index (χ1v) is 5.54. The van der Waals surface area contributed by atoms with Crippen molar-refractivity contribution in [3.05, 3.63) is 35.1 Å². The van der Waals surface area contributed by atoms with E-state index < -0.39 is 35.8 Å². The Morgan fingerprint density at radius 3 is 2.22 bits per heavy atom. The molecule has 0 amide bonds. The quantitative estimate of drug-likeness (QED) is 0.798. The fourth-order valence-corrected chi connectivity index (χ4v) is 1.41. The zero-order chi connectivity index (χ0) is 13.9. The van der Waals surface area contributed by atoms with Gasteiger partial charge in [-0.3, -0.25) is 0 Å². The van der Waals surface area contributed by atoms with Gasteiger partial charge < -0.3 is 15.6 Å². The van der Waals surface area contributed by atoms with E-state index in [0.29, 0.717) is 6.07 Å². The van der Waals surface area contributed by atoms with Crippen LogP contribution in [-0.2, 0) is 4.74 Å². The predicted octanol–water partition coefficient (Wildman–Crippen LogP) is 1.89. The molecule has 1 aromatic rings. The Kier molecular flexibility index (Phi) is 5.13. The summed E-state index contributed by atoms with van der Waals surface area (Å²) in [5.41, 5.74) is 5.26. The van der Waals surface area contributed by atoms with Crippen molar-refractivity contribution in [3.8, 4) is 0 Å². The molecule has 102 valence electrons. The van der Waals surface area contributed by atoms with Gasteiger partial charge in [-0.05, 0) is 19.9 Å². The first kappa shape index (κ1) is 14.9. The Balaban J connectivity index is 2.98. The molecule has 0 heterocycles. The highest BCUT2D eigenvalue weighted by atomic mass is 19.2. The van der Waals surface area contributed by atoms with E-state index in [1.165, 1.54) is 6.92 Å². The Bertz CT molecular complexity index is 413. The Labute approximate surface area is 103 Å². The van der Waals surface area contributed by atoms with Crippen LogP contribution in [0.1, 0.15) is 25.5 Å². The Morgan fingerprint density at radius 2 is 1.72 bits per heavy atom. The van der Waals surface area contributed by atoms with Gasteiger partial charge >= 0.3 is 0 Å². The monoisotopic (exact) mass is 263 g/mol. The van der Waals surface area contributed by atoms with Gasteiger partial charge in [-0.2, -0.15) is 0 Å². The Morgan fingerprint density at radius 1 is 1.17 bits per heavy atom. The lowest BCUT2D eigenvalue weighted by Gasteiger charge is -2.23. The molecule has 3 nitrogen and oxygen atoms in total. The van der Waals surface area contributed by atoms with Crippen LogP contribution in [0, 0.1) is 17.5 Å². The molecule has 1 rings (SSSR count). The first-order chi connectivity index (χ1) is 8.36. The molecular weight excluding hydrogens is 247 g/mol. The third kappa shape index (κ3) is 3.44. The molecule has 1 aromatic carbocycles. The van der Waals surface area contributed by atoms with Gasteiger partial charge in [0.25, 0.3) is 0 Å². The molecule has 6 heteroatoms. The predicted molar refractivity (Wildman–Crippen MR) is 60.3 cm³/mol. The molecule has 0 aliphatic carbocycles. The van der Waals surface area contributed by atoms with Gasteiger partial charge in [0.1, 0.15) is 5.82 Å². The van der Waals surface area contributed by atoms with E-state index in [4.69, 9.17) is 10.5 Å². The topological polar surface area (TPSA) is 55.5 Å². The lowest BCUT2D eigenvalue weighted by Crippen LogP contribution is -2.28. The molecule has 0 fully saturated rings. The minimum absolute atomic E-state index is 0.112. The van der Waals surface area contributed by atoms with Crippen molar-refractivity contribution in [1.29, 1.82) is 0 Å². The first-order valence-electron chi connectivity index (χ1n) is 5.54. The number of ether oxygens (including phenoxy) is 1. The lowest BCUT2D eigenvalue weighted by atomic mass is 10.1.